The van der Waals surface area contributed by atoms with E-state index >= 15 is 0 Å². The second-order valence-corrected chi connectivity index (χ2v) is 15.4. The first kappa shape index (κ1) is 36.9. The molecule has 0 bridgehead atoms. The van der Waals surface area contributed by atoms with Crippen molar-refractivity contribution >= 4 is 52.4 Å². The number of carbonyl (C=O) groups is 5. The van der Waals surface area contributed by atoms with Gasteiger partial charge in [0.25, 0.3) is 11.8 Å². The molecular weight excluding hydrogens is 743 g/mol. The summed E-state index contributed by atoms with van der Waals surface area (Å²) in [4.78, 5) is 73.6. The minimum Gasteiger partial charge on any atom is -0.507 e. The Hall–Kier alpha value is -6.71. The van der Waals surface area contributed by atoms with Crippen LogP contribution < -0.4 is 30.5 Å². The van der Waals surface area contributed by atoms with E-state index < -0.39 is 29.7 Å². The number of rotatable bonds is 8. The number of para-hydroxylation sites is 1. The molecule has 5 aliphatic rings. The topological polar surface area (TPSA) is 195 Å². The van der Waals surface area contributed by atoms with Crippen molar-refractivity contribution < 1.29 is 33.8 Å². The Kier molecular flexibility index (Phi) is 9.54. The van der Waals surface area contributed by atoms with E-state index in [0.29, 0.717) is 82.3 Å². The molecule has 0 saturated carbocycles. The highest BCUT2D eigenvalue weighted by Gasteiger charge is 2.45. The standard InChI is InChI=1S/C42H43N9O7/c43-38-35(22-33(45-46-38)31-6-1-2-7-36(31)52)50-23-29(24-50)58-28-5-3-4-26(20-28)48-16-18-49(19-17-48)40(55)25-12-14-47(15-13-25)27-8-9-30-32(21-27)42(57)51(41(30)56)34-10-11-37(53)44-39(34)54/h1-9,20-22,25,29,34,52H,10-19,23-24H2,(H2,43,46)(H,44,53,54)/t34-/m1/s1. The zero-order valence-corrected chi connectivity index (χ0v) is 31.8. The first-order valence-corrected chi connectivity index (χ1v) is 19.7. The van der Waals surface area contributed by atoms with E-state index in [1.54, 1.807) is 30.3 Å². The first-order valence-electron chi connectivity index (χ1n) is 19.7. The largest absolute Gasteiger partial charge is 0.507 e. The van der Waals surface area contributed by atoms with Crippen molar-refractivity contribution in [3.05, 3.63) is 83.9 Å². The Morgan fingerprint density at radius 1 is 0.741 bits per heavy atom. The van der Waals surface area contributed by atoms with Crippen molar-refractivity contribution in [2.24, 2.45) is 5.92 Å². The van der Waals surface area contributed by atoms with E-state index in [1.165, 1.54) is 0 Å². The zero-order chi connectivity index (χ0) is 40.1. The number of benzene rings is 3. The van der Waals surface area contributed by atoms with Gasteiger partial charge in [0.1, 0.15) is 23.6 Å². The monoisotopic (exact) mass is 785 g/mol. The lowest BCUT2D eigenvalue weighted by atomic mass is 9.94. The molecule has 9 rings (SSSR count). The molecule has 4 saturated heterocycles. The van der Waals surface area contributed by atoms with Crippen molar-refractivity contribution in [2.45, 2.75) is 37.8 Å². The van der Waals surface area contributed by atoms with Crippen LogP contribution in [0.2, 0.25) is 0 Å². The van der Waals surface area contributed by atoms with Crippen LogP contribution in [0.15, 0.2) is 72.8 Å². The van der Waals surface area contributed by atoms with Gasteiger partial charge in [-0.25, -0.2) is 0 Å². The quantitative estimate of drug-likeness (QED) is 0.221. The molecule has 0 aliphatic carbocycles. The van der Waals surface area contributed by atoms with Crippen LogP contribution in [-0.4, -0.2) is 119 Å². The van der Waals surface area contributed by atoms with Gasteiger partial charge in [-0.3, -0.25) is 34.2 Å². The molecule has 3 aromatic carbocycles. The number of nitrogen functional groups attached to an aromatic ring is 1. The molecule has 4 N–H and O–H groups in total. The van der Waals surface area contributed by atoms with Crippen LogP contribution in [0.3, 0.4) is 0 Å². The van der Waals surface area contributed by atoms with Crippen LogP contribution in [0, 0.1) is 5.92 Å². The Bertz CT molecular complexity index is 2320. The molecule has 1 aromatic heterocycles. The lowest BCUT2D eigenvalue weighted by Crippen LogP contribution is -2.54. The molecule has 4 fully saturated rings. The van der Waals surface area contributed by atoms with E-state index in [9.17, 15) is 29.1 Å². The van der Waals surface area contributed by atoms with Gasteiger partial charge < -0.3 is 35.2 Å². The number of imide groups is 2. The van der Waals surface area contributed by atoms with E-state index in [1.807, 2.05) is 41.3 Å². The number of hydrogen-bond acceptors (Lipinski definition) is 13. The van der Waals surface area contributed by atoms with Crippen molar-refractivity contribution in [1.29, 1.82) is 0 Å². The number of aromatic hydroxyl groups is 1. The number of phenols is 1. The third-order valence-corrected chi connectivity index (χ3v) is 11.9. The number of anilines is 4. The predicted octanol–water partition coefficient (Wildman–Crippen LogP) is 2.67. The molecule has 5 amide bonds. The molecule has 58 heavy (non-hydrogen) atoms. The lowest BCUT2D eigenvalue weighted by molar-refractivity contribution is -0.137. The van der Waals surface area contributed by atoms with Crippen LogP contribution in [-0.2, 0) is 14.4 Å². The number of phenolic OH excluding ortho intramolecular Hbond substituents is 1. The van der Waals surface area contributed by atoms with Gasteiger partial charge in [-0.1, -0.05) is 18.2 Å². The summed E-state index contributed by atoms with van der Waals surface area (Å²) in [5, 5.41) is 20.8. The Labute approximate surface area is 334 Å². The van der Waals surface area contributed by atoms with E-state index in [2.05, 4.69) is 36.3 Å². The minimum atomic E-state index is -1.01. The summed E-state index contributed by atoms with van der Waals surface area (Å²) >= 11 is 0. The summed E-state index contributed by atoms with van der Waals surface area (Å²) in [6, 6.07) is 21.0. The maximum Gasteiger partial charge on any atom is 0.262 e. The van der Waals surface area contributed by atoms with Gasteiger partial charge in [0.15, 0.2) is 5.82 Å². The van der Waals surface area contributed by atoms with Gasteiger partial charge in [0.05, 0.1) is 35.6 Å². The molecule has 4 aromatic rings. The number of aromatic nitrogens is 2. The molecule has 0 unspecified atom stereocenters. The predicted molar refractivity (Wildman–Crippen MR) is 213 cm³/mol. The molecule has 16 nitrogen and oxygen atoms in total. The highest BCUT2D eigenvalue weighted by Crippen LogP contribution is 2.35. The van der Waals surface area contributed by atoms with Gasteiger partial charge in [0.2, 0.25) is 17.7 Å². The Morgan fingerprint density at radius 2 is 1.47 bits per heavy atom. The lowest BCUT2D eigenvalue weighted by Gasteiger charge is -2.41. The van der Waals surface area contributed by atoms with E-state index in [4.69, 9.17) is 10.5 Å². The third-order valence-electron chi connectivity index (χ3n) is 11.9. The molecule has 16 heteroatoms. The molecule has 5 aliphatic heterocycles. The molecule has 0 radical (unpaired) electrons. The van der Waals surface area contributed by atoms with Crippen LogP contribution in [0.25, 0.3) is 11.3 Å². The summed E-state index contributed by atoms with van der Waals surface area (Å²) in [7, 11) is 0. The second-order valence-electron chi connectivity index (χ2n) is 15.4. The van der Waals surface area contributed by atoms with Crippen LogP contribution in [0.1, 0.15) is 46.4 Å². The minimum absolute atomic E-state index is 0.0398. The van der Waals surface area contributed by atoms with Crippen molar-refractivity contribution in [3.8, 4) is 22.8 Å². The van der Waals surface area contributed by atoms with Gasteiger partial charge in [-0.05, 0) is 67.8 Å². The van der Waals surface area contributed by atoms with Crippen LogP contribution in [0.4, 0.5) is 22.9 Å². The molecule has 1 atom stereocenters. The number of hydrogen-bond donors (Lipinski definition) is 3. The highest BCUT2D eigenvalue weighted by atomic mass is 16.5. The number of nitrogens with one attached hydrogen (secondary N) is 1. The number of nitrogens with zero attached hydrogens (tertiary/aromatic N) is 7. The average Bonchev–Trinajstić information content (AvgIpc) is 3.47. The zero-order valence-electron chi connectivity index (χ0n) is 31.8. The third kappa shape index (κ3) is 6.88. The van der Waals surface area contributed by atoms with Crippen molar-refractivity contribution in [3.63, 3.8) is 0 Å². The summed E-state index contributed by atoms with van der Waals surface area (Å²) in [6.07, 6.45) is 1.48. The SMILES string of the molecule is Nc1nnc(-c2ccccc2O)cc1N1CC(Oc2cccc(N3CCN(C(=O)C4CCN(c5ccc6c(c5)C(=O)N([C@@H]5CCC(=O)NC5=O)C6=O)CC4)CC3)c2)C1. The fourth-order valence-corrected chi connectivity index (χ4v) is 8.61. The fourth-order valence-electron chi connectivity index (χ4n) is 8.61. The maximum absolute atomic E-state index is 13.7. The molecular formula is C42H43N9O7. The van der Waals surface area contributed by atoms with E-state index in [-0.39, 0.29) is 47.6 Å². The number of fused-ring (bicyclic) bond motifs is 1. The molecule has 6 heterocycles. The highest BCUT2D eigenvalue weighted by molar-refractivity contribution is 6.23. The van der Waals surface area contributed by atoms with Gasteiger partial charge in [-0.2, -0.15) is 0 Å². The van der Waals surface area contributed by atoms with Gasteiger partial charge >= 0.3 is 0 Å². The number of amides is 5. The van der Waals surface area contributed by atoms with E-state index in [0.717, 1.165) is 27.7 Å². The van der Waals surface area contributed by atoms with Crippen LogP contribution >= 0.6 is 0 Å². The van der Waals surface area contributed by atoms with Gasteiger partial charge in [-0.15, -0.1) is 10.2 Å². The number of carbonyl (C=O) groups excluding carboxylic acids is 5. The normalized spacial score (nSPS) is 20.3. The summed E-state index contributed by atoms with van der Waals surface area (Å²) in [5.74, 6) is -0.821. The summed E-state index contributed by atoms with van der Waals surface area (Å²) < 4.78 is 6.34. The summed E-state index contributed by atoms with van der Waals surface area (Å²) in [6.45, 7) is 5.16. The number of nitrogens with two attached hydrogens (primary N) is 1. The fraction of sp³-hybridized carbons (Fsp3) is 0.357. The maximum atomic E-state index is 13.7. The number of ether oxygens (including phenoxy) is 1. The average molecular weight is 786 g/mol. The summed E-state index contributed by atoms with van der Waals surface area (Å²) in [5.41, 5.74) is 10.4. The Morgan fingerprint density at radius 3 is 2.22 bits per heavy atom. The molecule has 298 valence electrons. The second kappa shape index (κ2) is 15.0. The van der Waals surface area contributed by atoms with Crippen molar-refractivity contribution in [2.75, 3.05) is 72.8 Å². The number of piperidine rings is 2. The Balaban J connectivity index is 0.749. The first-order chi connectivity index (χ1) is 28.1. The molecule has 0 spiro atoms. The van der Waals surface area contributed by atoms with Crippen molar-refractivity contribution in [1.82, 2.24) is 25.3 Å². The van der Waals surface area contributed by atoms with Gasteiger partial charge in [0, 0.05) is 74.6 Å². The smallest absolute Gasteiger partial charge is 0.262 e. The van der Waals surface area contributed by atoms with Crippen LogP contribution in [0.5, 0.6) is 11.5 Å². The number of piperazine rings is 1.